The van der Waals surface area contributed by atoms with E-state index in [1.807, 2.05) is 60.7 Å². The van der Waals surface area contributed by atoms with Gasteiger partial charge in [0.25, 0.3) is 0 Å². The molecular weight excluding hydrogens is 579 g/mol. The minimum atomic E-state index is -5.38. The number of halogens is 3. The van der Waals surface area contributed by atoms with Crippen molar-refractivity contribution in [1.29, 1.82) is 0 Å². The zero-order valence-electron chi connectivity index (χ0n) is 24.0. The molecule has 0 unspecified atom stereocenters. The van der Waals surface area contributed by atoms with Gasteiger partial charge in [-0.05, 0) is 43.2 Å². The molecule has 3 aromatic carbocycles. The Kier molecular flexibility index (Phi) is 9.67. The molecule has 4 aromatic rings. The Balaban J connectivity index is 1.52. The van der Waals surface area contributed by atoms with Crippen LogP contribution in [0.5, 0.6) is 17.4 Å². The summed E-state index contributed by atoms with van der Waals surface area (Å²) in [6, 6.07) is 26.9. The summed E-state index contributed by atoms with van der Waals surface area (Å²) in [5.41, 5.74) is 0.131. The number of pyridine rings is 1. The van der Waals surface area contributed by atoms with Gasteiger partial charge >= 0.3 is 18.1 Å². The number of benzene rings is 3. The molecule has 0 aliphatic carbocycles. The van der Waals surface area contributed by atoms with E-state index < -0.39 is 29.5 Å². The predicted octanol–water partition coefficient (Wildman–Crippen LogP) is 6.32. The summed E-state index contributed by atoms with van der Waals surface area (Å²) >= 11 is 0. The molecule has 0 N–H and O–H groups in total. The first kappa shape index (κ1) is 31.7. The normalized spacial score (nSPS) is 11.5. The lowest BCUT2D eigenvalue weighted by atomic mass is 9.92. The van der Waals surface area contributed by atoms with Crippen LogP contribution in [0.2, 0.25) is 0 Å². The molecule has 1 aromatic heterocycles. The quantitative estimate of drug-likeness (QED) is 0.111. The summed E-state index contributed by atoms with van der Waals surface area (Å²) in [4.78, 5) is 41.3. The van der Waals surface area contributed by atoms with Crippen LogP contribution in [0.25, 0.3) is 0 Å². The van der Waals surface area contributed by atoms with Crippen molar-refractivity contribution in [1.82, 2.24) is 4.98 Å². The third-order valence-corrected chi connectivity index (χ3v) is 6.51. The SMILES string of the molecule is COc1ccc(C(=O)c2ccc(OCC(c3ccccc3)c3ccccc3)nc2)c(OC(C)(C)C(=O)OC(=O)C(F)(F)F)c1. The molecule has 8 nitrogen and oxygen atoms in total. The van der Waals surface area contributed by atoms with E-state index in [1.54, 1.807) is 0 Å². The average Bonchev–Trinajstić information content (AvgIpc) is 3.01. The van der Waals surface area contributed by atoms with E-state index in [0.29, 0.717) is 0 Å². The summed E-state index contributed by atoms with van der Waals surface area (Å²) in [6.07, 6.45) is -4.07. The first-order valence-electron chi connectivity index (χ1n) is 13.3. The van der Waals surface area contributed by atoms with Crippen molar-refractivity contribution in [3.63, 3.8) is 0 Å². The number of aromatic nitrogens is 1. The minimum Gasteiger partial charge on any atom is -0.497 e. The molecule has 0 fully saturated rings. The molecule has 0 aliphatic heterocycles. The highest BCUT2D eigenvalue weighted by molar-refractivity contribution is 6.10. The van der Waals surface area contributed by atoms with E-state index in [-0.39, 0.29) is 41.0 Å². The van der Waals surface area contributed by atoms with Gasteiger partial charge in [-0.3, -0.25) is 4.79 Å². The van der Waals surface area contributed by atoms with Crippen LogP contribution in [0.15, 0.2) is 97.2 Å². The van der Waals surface area contributed by atoms with Gasteiger partial charge in [-0.1, -0.05) is 60.7 Å². The lowest BCUT2D eigenvalue weighted by molar-refractivity contribution is -0.206. The first-order valence-corrected chi connectivity index (χ1v) is 13.3. The molecule has 4 rings (SSSR count). The van der Waals surface area contributed by atoms with Crippen LogP contribution in [0.3, 0.4) is 0 Å². The fourth-order valence-electron chi connectivity index (χ4n) is 4.16. The van der Waals surface area contributed by atoms with Gasteiger partial charge < -0.3 is 18.9 Å². The van der Waals surface area contributed by atoms with Crippen molar-refractivity contribution in [2.45, 2.75) is 31.5 Å². The summed E-state index contributed by atoms with van der Waals surface area (Å²) in [5, 5.41) is 0. The van der Waals surface area contributed by atoms with Crippen LogP contribution in [0.1, 0.15) is 46.8 Å². The topological polar surface area (TPSA) is 101 Å². The van der Waals surface area contributed by atoms with Gasteiger partial charge in [-0.25, -0.2) is 14.6 Å². The molecule has 0 aliphatic rings. The Morgan fingerprint density at radius 2 is 1.43 bits per heavy atom. The van der Waals surface area contributed by atoms with E-state index in [2.05, 4.69) is 9.72 Å². The van der Waals surface area contributed by atoms with Crippen molar-refractivity contribution < 1.29 is 46.5 Å². The predicted molar refractivity (Wildman–Crippen MR) is 153 cm³/mol. The molecule has 0 atom stereocenters. The number of ketones is 1. The molecule has 0 bridgehead atoms. The van der Waals surface area contributed by atoms with Gasteiger partial charge in [-0.2, -0.15) is 13.2 Å². The monoisotopic (exact) mass is 607 g/mol. The van der Waals surface area contributed by atoms with Gasteiger partial charge in [-0.15, -0.1) is 0 Å². The molecule has 0 amide bonds. The van der Waals surface area contributed by atoms with Crippen molar-refractivity contribution in [2.75, 3.05) is 13.7 Å². The first-order chi connectivity index (χ1) is 20.9. The number of alkyl halides is 3. The lowest BCUT2D eigenvalue weighted by Gasteiger charge is -2.25. The van der Waals surface area contributed by atoms with Gasteiger partial charge in [0.2, 0.25) is 11.5 Å². The number of carbonyl (C=O) groups excluding carboxylic acids is 3. The van der Waals surface area contributed by atoms with Crippen molar-refractivity contribution in [3.8, 4) is 17.4 Å². The molecule has 228 valence electrons. The third kappa shape index (κ3) is 7.80. The number of methoxy groups -OCH3 is 1. The Morgan fingerprint density at radius 3 is 1.95 bits per heavy atom. The van der Waals surface area contributed by atoms with E-state index in [1.165, 1.54) is 43.6 Å². The van der Waals surface area contributed by atoms with Gasteiger partial charge in [0.15, 0.2) is 5.78 Å². The van der Waals surface area contributed by atoms with E-state index in [4.69, 9.17) is 14.2 Å². The summed E-state index contributed by atoms with van der Waals surface area (Å²) in [6.45, 7) is 2.48. The Hall–Kier alpha value is -5.19. The number of rotatable bonds is 11. The van der Waals surface area contributed by atoms with Crippen molar-refractivity contribution in [3.05, 3.63) is 119 Å². The summed E-state index contributed by atoms with van der Waals surface area (Å²) in [7, 11) is 1.35. The van der Waals surface area contributed by atoms with Crippen LogP contribution in [0.4, 0.5) is 13.2 Å². The largest absolute Gasteiger partial charge is 0.497 e. The minimum absolute atomic E-state index is 0.0440. The van der Waals surface area contributed by atoms with Crippen molar-refractivity contribution >= 4 is 17.7 Å². The highest BCUT2D eigenvalue weighted by Crippen LogP contribution is 2.31. The van der Waals surface area contributed by atoms with E-state index in [9.17, 15) is 27.6 Å². The molecule has 0 radical (unpaired) electrons. The van der Waals surface area contributed by atoms with Gasteiger partial charge in [0.1, 0.15) is 18.1 Å². The molecule has 11 heteroatoms. The fraction of sp³-hybridized carbons (Fsp3) is 0.212. The maximum atomic E-state index is 13.5. The highest BCUT2D eigenvalue weighted by atomic mass is 19.4. The average molecular weight is 608 g/mol. The Labute approximate surface area is 251 Å². The molecule has 0 saturated heterocycles. The van der Waals surface area contributed by atoms with E-state index >= 15 is 0 Å². The second kappa shape index (κ2) is 13.4. The second-order valence-corrected chi connectivity index (χ2v) is 10.0. The van der Waals surface area contributed by atoms with Gasteiger partial charge in [0.05, 0.1) is 12.7 Å². The van der Waals surface area contributed by atoms with E-state index in [0.717, 1.165) is 25.0 Å². The zero-order valence-corrected chi connectivity index (χ0v) is 24.0. The van der Waals surface area contributed by atoms with Gasteiger partial charge in [0, 0.05) is 29.8 Å². The van der Waals surface area contributed by atoms with Crippen LogP contribution in [-0.4, -0.2) is 48.2 Å². The van der Waals surface area contributed by atoms with Crippen molar-refractivity contribution in [2.24, 2.45) is 0 Å². The molecule has 0 saturated carbocycles. The number of nitrogens with zero attached hydrogens (tertiary/aromatic N) is 1. The molecule has 0 spiro atoms. The standard InChI is InChI=1S/C33H28F3NO7/c1-32(2,30(39)43-31(40)33(34,35)36)44-27-18-24(41-3)15-16-25(27)29(38)23-14-17-28(37-19-23)42-20-26(21-10-6-4-7-11-21)22-12-8-5-9-13-22/h4-19,26H,20H2,1-3H3. The van der Waals surface area contributed by atoms with Crippen LogP contribution in [-0.2, 0) is 14.3 Å². The molecular formula is C33H28F3NO7. The number of ether oxygens (including phenoxy) is 4. The Morgan fingerprint density at radius 1 is 0.818 bits per heavy atom. The highest BCUT2D eigenvalue weighted by Gasteiger charge is 2.45. The lowest BCUT2D eigenvalue weighted by Crippen LogP contribution is -2.43. The van der Waals surface area contributed by atoms with Crippen LogP contribution < -0.4 is 14.2 Å². The van der Waals surface area contributed by atoms with Crippen LogP contribution in [0, 0.1) is 0 Å². The second-order valence-electron chi connectivity index (χ2n) is 10.0. The number of hydrogen-bond acceptors (Lipinski definition) is 8. The number of carbonyl (C=O) groups is 3. The maximum Gasteiger partial charge on any atom is 0.491 e. The smallest absolute Gasteiger partial charge is 0.491 e. The summed E-state index contributed by atoms with van der Waals surface area (Å²) in [5.74, 6) is -4.60. The number of esters is 2. The fourth-order valence-corrected chi connectivity index (χ4v) is 4.16. The third-order valence-electron chi connectivity index (χ3n) is 6.51. The maximum absolute atomic E-state index is 13.5. The summed E-state index contributed by atoms with van der Waals surface area (Å²) < 4.78 is 58.6. The Bertz CT molecular complexity index is 1570. The number of hydrogen-bond donors (Lipinski definition) is 0. The molecule has 44 heavy (non-hydrogen) atoms. The molecule has 1 heterocycles. The zero-order chi connectivity index (χ0) is 31.9. The van der Waals surface area contributed by atoms with Crippen LogP contribution >= 0.6 is 0 Å².